The first-order valence-corrected chi connectivity index (χ1v) is 14.4. The molecule has 2 aromatic carbocycles. The number of sulfone groups is 1. The maximum absolute atomic E-state index is 14.6. The lowest BCUT2D eigenvalue weighted by molar-refractivity contribution is 0.0390. The fourth-order valence-electron chi connectivity index (χ4n) is 3.32. The summed E-state index contributed by atoms with van der Waals surface area (Å²) in [5.74, 6) is -1.69. The molecule has 12 heteroatoms. The number of carbonyl (C=O) groups is 1. The quantitative estimate of drug-likeness (QED) is 0.382. The number of sulfonamides is 1. The van der Waals surface area contributed by atoms with E-state index in [4.69, 9.17) is 16.3 Å². The molecule has 0 heterocycles. The van der Waals surface area contributed by atoms with Crippen molar-refractivity contribution in [2.75, 3.05) is 12.8 Å². The number of unbranched alkanes of at least 4 members (excludes halogenated alkanes) is 1. The molecule has 1 amide bonds. The van der Waals surface area contributed by atoms with E-state index < -0.39 is 48.4 Å². The lowest BCUT2D eigenvalue weighted by Crippen LogP contribution is -2.40. The van der Waals surface area contributed by atoms with Crippen LogP contribution < -0.4 is 0 Å². The SMILES string of the molecule is CC(C)(C)OC(=O)N(CCCCC(c1cc(F)ccc1F)S(=O)(=O)c1ccc(Cl)cc1)S(C)(=O)=O. The van der Waals surface area contributed by atoms with E-state index in [0.717, 1.165) is 24.5 Å². The van der Waals surface area contributed by atoms with Gasteiger partial charge in [0.2, 0.25) is 10.0 Å². The van der Waals surface area contributed by atoms with Crippen molar-refractivity contribution in [2.45, 2.75) is 55.8 Å². The number of carbonyl (C=O) groups excluding carboxylic acids is 1. The molecule has 1 unspecified atom stereocenters. The first kappa shape index (κ1) is 29.0. The van der Waals surface area contributed by atoms with Crippen LogP contribution in [0.5, 0.6) is 0 Å². The molecule has 0 saturated heterocycles. The Morgan fingerprint density at radius 1 is 1.03 bits per heavy atom. The van der Waals surface area contributed by atoms with E-state index in [9.17, 15) is 30.4 Å². The van der Waals surface area contributed by atoms with E-state index in [1.807, 2.05) is 0 Å². The van der Waals surface area contributed by atoms with Gasteiger partial charge in [0.25, 0.3) is 0 Å². The summed E-state index contributed by atoms with van der Waals surface area (Å²) in [4.78, 5) is 12.2. The Morgan fingerprint density at radius 3 is 2.17 bits per heavy atom. The molecule has 194 valence electrons. The molecule has 0 aliphatic rings. The number of nitrogens with zero attached hydrogens (tertiary/aromatic N) is 1. The van der Waals surface area contributed by atoms with Crippen LogP contribution in [0.4, 0.5) is 13.6 Å². The highest BCUT2D eigenvalue weighted by molar-refractivity contribution is 7.91. The van der Waals surface area contributed by atoms with E-state index in [-0.39, 0.29) is 36.3 Å². The molecular weight excluding hydrogens is 524 g/mol. The summed E-state index contributed by atoms with van der Waals surface area (Å²) in [7, 11) is -8.13. The molecule has 1 atom stereocenters. The Kier molecular flexibility index (Phi) is 9.29. The average Bonchev–Trinajstić information content (AvgIpc) is 2.70. The van der Waals surface area contributed by atoms with Crippen LogP contribution in [-0.4, -0.2) is 45.6 Å². The first-order chi connectivity index (χ1) is 16.0. The minimum Gasteiger partial charge on any atom is -0.443 e. The van der Waals surface area contributed by atoms with Crippen molar-refractivity contribution in [3.63, 3.8) is 0 Å². The second-order valence-electron chi connectivity index (χ2n) is 8.96. The molecule has 7 nitrogen and oxygen atoms in total. The van der Waals surface area contributed by atoms with E-state index in [1.54, 1.807) is 20.8 Å². The number of ether oxygens (including phenoxy) is 1. The number of amides is 1. The molecule has 0 radical (unpaired) electrons. The first-order valence-electron chi connectivity index (χ1n) is 10.7. The van der Waals surface area contributed by atoms with Crippen molar-refractivity contribution < 1.29 is 35.1 Å². The number of hydrogen-bond donors (Lipinski definition) is 0. The maximum Gasteiger partial charge on any atom is 0.424 e. The van der Waals surface area contributed by atoms with Crippen LogP contribution in [0.3, 0.4) is 0 Å². The van der Waals surface area contributed by atoms with Gasteiger partial charge in [0, 0.05) is 17.1 Å². The van der Waals surface area contributed by atoms with Crippen LogP contribution in [0.15, 0.2) is 47.4 Å². The average molecular weight is 552 g/mol. The summed E-state index contributed by atoms with van der Waals surface area (Å²) in [5, 5.41) is -1.15. The van der Waals surface area contributed by atoms with Gasteiger partial charge in [0.05, 0.1) is 16.4 Å². The second kappa shape index (κ2) is 11.2. The number of benzene rings is 2. The summed E-state index contributed by atoms with van der Waals surface area (Å²) in [6.07, 6.45) is -0.205. The van der Waals surface area contributed by atoms with Gasteiger partial charge in [-0.05, 0) is 82.5 Å². The predicted octanol–water partition coefficient (Wildman–Crippen LogP) is 5.50. The Morgan fingerprint density at radius 2 is 1.63 bits per heavy atom. The van der Waals surface area contributed by atoms with E-state index in [1.165, 1.54) is 24.3 Å². The molecule has 2 aromatic rings. The summed E-state index contributed by atoms with van der Waals surface area (Å²) in [5.41, 5.74) is -1.26. The van der Waals surface area contributed by atoms with Crippen molar-refractivity contribution in [1.29, 1.82) is 0 Å². The predicted molar refractivity (Wildman–Crippen MR) is 129 cm³/mol. The zero-order chi connectivity index (χ0) is 26.6. The molecular formula is C23H28ClF2NO6S2. The molecule has 0 aliphatic heterocycles. The number of rotatable bonds is 9. The highest BCUT2D eigenvalue weighted by Crippen LogP contribution is 2.35. The maximum atomic E-state index is 14.6. The Labute approximate surface area is 210 Å². The van der Waals surface area contributed by atoms with Crippen LogP contribution in [-0.2, 0) is 24.6 Å². The summed E-state index contributed by atoms with van der Waals surface area (Å²) < 4.78 is 85.0. The van der Waals surface area contributed by atoms with Gasteiger partial charge in [-0.3, -0.25) is 0 Å². The van der Waals surface area contributed by atoms with Crippen LogP contribution in [0.2, 0.25) is 5.02 Å². The number of halogens is 3. The van der Waals surface area contributed by atoms with Crippen LogP contribution >= 0.6 is 11.6 Å². The van der Waals surface area contributed by atoms with Gasteiger partial charge in [0.15, 0.2) is 9.84 Å². The summed E-state index contributed by atoms with van der Waals surface area (Å²) in [6, 6.07) is 7.86. The van der Waals surface area contributed by atoms with Gasteiger partial charge in [0.1, 0.15) is 17.2 Å². The third-order valence-corrected chi connectivity index (χ3v) is 8.45. The standard InChI is InChI=1S/C23H28ClF2NO6S2/c1-23(2,3)33-22(28)27(34(4,29)30)14-6-5-7-21(19-15-17(25)10-13-20(19)26)35(31,32)18-11-8-16(24)9-12-18/h8-13,15,21H,5-7,14H2,1-4H3. The molecule has 0 bridgehead atoms. The van der Waals surface area contributed by atoms with Crippen molar-refractivity contribution in [3.8, 4) is 0 Å². The molecule has 0 saturated carbocycles. The van der Waals surface area contributed by atoms with Gasteiger partial charge >= 0.3 is 6.09 Å². The van der Waals surface area contributed by atoms with Crippen molar-refractivity contribution in [1.82, 2.24) is 4.31 Å². The van der Waals surface area contributed by atoms with E-state index in [2.05, 4.69) is 0 Å². The highest BCUT2D eigenvalue weighted by Gasteiger charge is 2.32. The molecule has 0 aliphatic carbocycles. The van der Waals surface area contributed by atoms with Gasteiger partial charge in [-0.25, -0.2) is 34.7 Å². The monoisotopic (exact) mass is 551 g/mol. The zero-order valence-electron chi connectivity index (χ0n) is 19.8. The molecule has 0 fully saturated rings. The number of hydrogen-bond acceptors (Lipinski definition) is 6. The normalized spacial score (nSPS) is 13.3. The summed E-state index contributed by atoms with van der Waals surface area (Å²) >= 11 is 5.84. The van der Waals surface area contributed by atoms with Crippen molar-refractivity contribution in [2.24, 2.45) is 0 Å². The van der Waals surface area contributed by atoms with Crippen molar-refractivity contribution in [3.05, 3.63) is 64.7 Å². The van der Waals surface area contributed by atoms with Crippen LogP contribution in [0.1, 0.15) is 50.8 Å². The fraction of sp³-hybridized carbons (Fsp3) is 0.435. The van der Waals surface area contributed by atoms with Gasteiger partial charge < -0.3 is 4.74 Å². The van der Waals surface area contributed by atoms with E-state index >= 15 is 0 Å². The minimum absolute atomic E-state index is 0.0654. The topological polar surface area (TPSA) is 97.8 Å². The molecule has 0 spiro atoms. The molecule has 0 N–H and O–H groups in total. The van der Waals surface area contributed by atoms with Gasteiger partial charge in [-0.15, -0.1) is 0 Å². The smallest absolute Gasteiger partial charge is 0.424 e. The van der Waals surface area contributed by atoms with Gasteiger partial charge in [-0.1, -0.05) is 11.6 Å². The van der Waals surface area contributed by atoms with Crippen molar-refractivity contribution >= 4 is 37.6 Å². The summed E-state index contributed by atoms with van der Waals surface area (Å²) in [6.45, 7) is 4.49. The Hall–Kier alpha value is -2.24. The molecule has 0 aromatic heterocycles. The second-order valence-corrected chi connectivity index (χ2v) is 13.4. The van der Waals surface area contributed by atoms with Crippen LogP contribution in [0, 0.1) is 11.6 Å². The third kappa shape index (κ3) is 8.15. The largest absolute Gasteiger partial charge is 0.443 e. The lowest BCUT2D eigenvalue weighted by Gasteiger charge is -2.26. The Balaban J connectivity index is 2.29. The van der Waals surface area contributed by atoms with E-state index in [0.29, 0.717) is 9.33 Å². The molecule has 2 rings (SSSR count). The Bertz CT molecular complexity index is 1260. The highest BCUT2D eigenvalue weighted by atomic mass is 35.5. The third-order valence-electron chi connectivity index (χ3n) is 4.90. The fourth-order valence-corrected chi connectivity index (χ4v) is 6.05. The van der Waals surface area contributed by atoms with Gasteiger partial charge in [-0.2, -0.15) is 0 Å². The lowest BCUT2D eigenvalue weighted by atomic mass is 10.1. The van der Waals surface area contributed by atoms with Crippen LogP contribution in [0.25, 0.3) is 0 Å². The molecule has 35 heavy (non-hydrogen) atoms. The zero-order valence-corrected chi connectivity index (χ0v) is 22.2. The minimum atomic E-state index is -4.17.